The smallest absolute Gasteiger partial charge is 0.0325 e. The first kappa shape index (κ1) is 14.6. The van der Waals surface area contributed by atoms with Crippen LogP contribution in [-0.2, 0) is 0 Å². The van der Waals surface area contributed by atoms with Crippen molar-refractivity contribution in [1.82, 2.24) is 5.32 Å². The average Bonchev–Trinajstić information content (AvgIpc) is 2.44. The molecule has 0 aromatic heterocycles. The van der Waals surface area contributed by atoms with E-state index in [1.165, 1.54) is 25.7 Å². The van der Waals surface area contributed by atoms with Crippen LogP contribution in [0.15, 0.2) is 24.3 Å². The molecule has 0 spiro atoms. The van der Waals surface area contributed by atoms with Gasteiger partial charge in [0.2, 0.25) is 0 Å². The zero-order valence-corrected chi connectivity index (χ0v) is 12.9. The minimum Gasteiger partial charge on any atom is -0.307 e. The minimum atomic E-state index is 0.558. The third-order valence-corrected chi connectivity index (χ3v) is 5.01. The van der Waals surface area contributed by atoms with Crippen molar-refractivity contribution in [1.29, 1.82) is 0 Å². The Balaban J connectivity index is 2.12. The molecule has 3 atom stereocenters. The van der Waals surface area contributed by atoms with E-state index in [1.54, 1.807) is 11.1 Å². The maximum absolute atomic E-state index is 3.90. The van der Waals surface area contributed by atoms with Gasteiger partial charge in [-0.15, -0.1) is 0 Å². The summed E-state index contributed by atoms with van der Waals surface area (Å²) in [6, 6.07) is 10.2. The fourth-order valence-electron chi connectivity index (χ4n) is 3.63. The van der Waals surface area contributed by atoms with Crippen molar-refractivity contribution in [2.45, 2.75) is 71.4 Å². The normalized spacial score (nSPS) is 24.3. The van der Waals surface area contributed by atoms with Gasteiger partial charge in [-0.3, -0.25) is 0 Å². The second-order valence-electron chi connectivity index (χ2n) is 6.19. The zero-order valence-electron chi connectivity index (χ0n) is 12.9. The van der Waals surface area contributed by atoms with Crippen molar-refractivity contribution in [3.63, 3.8) is 0 Å². The van der Waals surface area contributed by atoms with Crippen LogP contribution >= 0.6 is 0 Å². The van der Waals surface area contributed by atoms with E-state index in [4.69, 9.17) is 0 Å². The maximum atomic E-state index is 3.90. The van der Waals surface area contributed by atoms with Gasteiger partial charge in [-0.2, -0.15) is 0 Å². The van der Waals surface area contributed by atoms with Gasteiger partial charge in [0.25, 0.3) is 0 Å². The van der Waals surface area contributed by atoms with Crippen molar-refractivity contribution < 1.29 is 0 Å². The Hall–Kier alpha value is -0.820. The minimum absolute atomic E-state index is 0.558. The number of rotatable bonds is 5. The summed E-state index contributed by atoms with van der Waals surface area (Å²) in [4.78, 5) is 0. The molecule has 0 amide bonds. The van der Waals surface area contributed by atoms with E-state index in [2.05, 4.69) is 57.3 Å². The molecule has 1 heteroatoms. The van der Waals surface area contributed by atoms with Gasteiger partial charge < -0.3 is 5.32 Å². The predicted molar refractivity (Wildman–Crippen MR) is 83.5 cm³/mol. The molecule has 1 aromatic rings. The molecule has 0 saturated heterocycles. The summed E-state index contributed by atoms with van der Waals surface area (Å²) >= 11 is 0. The molecule has 1 aliphatic rings. The quantitative estimate of drug-likeness (QED) is 0.781. The van der Waals surface area contributed by atoms with Gasteiger partial charge in [-0.05, 0) is 42.7 Å². The molecule has 1 N–H and O–H groups in total. The molecule has 0 radical (unpaired) electrons. The van der Waals surface area contributed by atoms with Crippen LogP contribution in [0, 0.1) is 5.92 Å². The van der Waals surface area contributed by atoms with E-state index < -0.39 is 0 Å². The van der Waals surface area contributed by atoms with E-state index in [9.17, 15) is 0 Å². The summed E-state index contributed by atoms with van der Waals surface area (Å²) in [6.45, 7) is 9.34. The van der Waals surface area contributed by atoms with Crippen LogP contribution in [0.3, 0.4) is 0 Å². The topological polar surface area (TPSA) is 12.0 Å². The molecule has 1 aliphatic carbocycles. The van der Waals surface area contributed by atoms with Crippen LogP contribution in [0.5, 0.6) is 0 Å². The first-order valence-corrected chi connectivity index (χ1v) is 8.02. The van der Waals surface area contributed by atoms with E-state index in [0.29, 0.717) is 12.1 Å². The lowest BCUT2D eigenvalue weighted by Crippen LogP contribution is -2.37. The Kier molecular flexibility index (Phi) is 5.04. The highest BCUT2D eigenvalue weighted by Gasteiger charge is 2.26. The molecule has 2 rings (SSSR count). The Labute approximate surface area is 118 Å². The van der Waals surface area contributed by atoms with Gasteiger partial charge in [0.15, 0.2) is 0 Å². The predicted octanol–water partition coefficient (Wildman–Crippen LogP) is 5.04. The first-order valence-electron chi connectivity index (χ1n) is 8.02. The second-order valence-corrected chi connectivity index (χ2v) is 6.19. The summed E-state index contributed by atoms with van der Waals surface area (Å²) in [7, 11) is 0. The molecule has 0 fully saturated rings. The Bertz CT molecular complexity index is 394. The highest BCUT2D eigenvalue weighted by atomic mass is 15.0. The molecular weight excluding hydrogens is 230 g/mol. The lowest BCUT2D eigenvalue weighted by molar-refractivity contribution is 0.302. The van der Waals surface area contributed by atoms with Crippen LogP contribution in [-0.4, -0.2) is 6.04 Å². The summed E-state index contributed by atoms with van der Waals surface area (Å²) in [5, 5.41) is 3.90. The highest BCUT2D eigenvalue weighted by molar-refractivity contribution is 5.35. The van der Waals surface area contributed by atoms with Gasteiger partial charge in [0, 0.05) is 12.1 Å². The van der Waals surface area contributed by atoms with Crippen LogP contribution in [0.2, 0.25) is 0 Å². The number of benzene rings is 1. The van der Waals surface area contributed by atoms with Crippen molar-refractivity contribution in [2.75, 3.05) is 0 Å². The van der Waals surface area contributed by atoms with Crippen molar-refractivity contribution in [3.05, 3.63) is 35.4 Å². The molecule has 0 bridgehead atoms. The molecular formula is C18H29N. The standard InChI is InChI=1S/C18H29N/c1-5-15(6-2)14(4)19-18-12-11-13(3)16-9-7-8-10-17(16)18/h7-10,13-15,18-19H,5-6,11-12H2,1-4H3. The van der Waals surface area contributed by atoms with Crippen LogP contribution in [0.1, 0.15) is 76.5 Å². The average molecular weight is 259 g/mol. The largest absolute Gasteiger partial charge is 0.307 e. The van der Waals surface area contributed by atoms with Gasteiger partial charge in [-0.1, -0.05) is 57.9 Å². The summed E-state index contributed by atoms with van der Waals surface area (Å²) in [5.41, 5.74) is 3.10. The molecule has 106 valence electrons. The molecule has 1 nitrogen and oxygen atoms in total. The summed E-state index contributed by atoms with van der Waals surface area (Å²) in [5.74, 6) is 1.52. The van der Waals surface area contributed by atoms with E-state index in [0.717, 1.165) is 11.8 Å². The molecule has 0 saturated carbocycles. The fourth-order valence-corrected chi connectivity index (χ4v) is 3.63. The zero-order chi connectivity index (χ0) is 13.8. The van der Waals surface area contributed by atoms with E-state index in [1.807, 2.05) is 0 Å². The number of fused-ring (bicyclic) bond motifs is 1. The SMILES string of the molecule is CCC(CC)C(C)NC1CCC(C)c2ccccc21. The van der Waals surface area contributed by atoms with Gasteiger partial charge in [-0.25, -0.2) is 0 Å². The van der Waals surface area contributed by atoms with Gasteiger partial charge >= 0.3 is 0 Å². The number of hydrogen-bond donors (Lipinski definition) is 1. The molecule has 0 aliphatic heterocycles. The third-order valence-electron chi connectivity index (χ3n) is 5.01. The number of hydrogen-bond acceptors (Lipinski definition) is 1. The molecule has 1 aromatic carbocycles. The van der Waals surface area contributed by atoms with Crippen LogP contribution in [0.25, 0.3) is 0 Å². The monoisotopic (exact) mass is 259 g/mol. The Morgan fingerprint density at radius 1 is 1.11 bits per heavy atom. The van der Waals surface area contributed by atoms with Gasteiger partial charge in [0.05, 0.1) is 0 Å². The van der Waals surface area contributed by atoms with Crippen molar-refractivity contribution in [3.8, 4) is 0 Å². The van der Waals surface area contributed by atoms with E-state index >= 15 is 0 Å². The van der Waals surface area contributed by atoms with Crippen LogP contribution < -0.4 is 5.32 Å². The third kappa shape index (κ3) is 3.20. The Morgan fingerprint density at radius 2 is 1.74 bits per heavy atom. The number of nitrogens with one attached hydrogen (secondary N) is 1. The molecule has 19 heavy (non-hydrogen) atoms. The first-order chi connectivity index (χ1) is 9.17. The lowest BCUT2D eigenvalue weighted by atomic mass is 9.80. The fraction of sp³-hybridized carbons (Fsp3) is 0.667. The van der Waals surface area contributed by atoms with Gasteiger partial charge in [0.1, 0.15) is 0 Å². The summed E-state index contributed by atoms with van der Waals surface area (Å²) in [6.07, 6.45) is 5.14. The lowest BCUT2D eigenvalue weighted by Gasteiger charge is -2.34. The van der Waals surface area contributed by atoms with E-state index in [-0.39, 0.29) is 0 Å². The summed E-state index contributed by atoms with van der Waals surface area (Å²) < 4.78 is 0. The second kappa shape index (κ2) is 6.56. The van der Waals surface area contributed by atoms with Crippen molar-refractivity contribution in [2.24, 2.45) is 5.92 Å². The van der Waals surface area contributed by atoms with Crippen molar-refractivity contribution >= 4 is 0 Å². The molecule has 0 heterocycles. The molecule has 3 unspecified atom stereocenters. The highest BCUT2D eigenvalue weighted by Crippen LogP contribution is 2.37. The van der Waals surface area contributed by atoms with Crippen LogP contribution in [0.4, 0.5) is 0 Å². The Morgan fingerprint density at radius 3 is 2.37 bits per heavy atom. The maximum Gasteiger partial charge on any atom is 0.0325 e.